The van der Waals surface area contributed by atoms with Crippen molar-refractivity contribution in [2.24, 2.45) is 5.92 Å². The highest BCUT2D eigenvalue weighted by atomic mass is 32.1. The van der Waals surface area contributed by atoms with Crippen LogP contribution < -0.4 is 5.32 Å². The van der Waals surface area contributed by atoms with Crippen molar-refractivity contribution < 1.29 is 0 Å². The number of hydrogen-bond acceptors (Lipinski definition) is 4. The maximum absolute atomic E-state index is 4.53. The van der Waals surface area contributed by atoms with Crippen molar-refractivity contribution in [2.45, 2.75) is 59.4 Å². The molecule has 1 atom stereocenters. The number of anilines is 1. The maximum Gasteiger partial charge on any atom is 0.202 e. The number of hydrogen-bond donors (Lipinski definition) is 1. The van der Waals surface area contributed by atoms with Crippen molar-refractivity contribution in [1.82, 2.24) is 9.36 Å². The zero-order valence-electron chi connectivity index (χ0n) is 11.2. The highest BCUT2D eigenvalue weighted by molar-refractivity contribution is 7.09. The Labute approximate surface area is 103 Å². The molecule has 16 heavy (non-hydrogen) atoms. The molecule has 1 aromatic rings. The number of rotatable bonds is 4. The van der Waals surface area contributed by atoms with Crippen LogP contribution in [0.3, 0.4) is 0 Å². The Morgan fingerprint density at radius 1 is 1.25 bits per heavy atom. The Hall–Kier alpha value is -0.640. The summed E-state index contributed by atoms with van der Waals surface area (Å²) in [5.41, 5.74) is 0.0394. The van der Waals surface area contributed by atoms with E-state index in [1.54, 1.807) is 0 Å². The molecule has 0 radical (unpaired) electrons. The molecular formula is C12H23N3S. The summed E-state index contributed by atoms with van der Waals surface area (Å²) in [5.74, 6) is 1.63. The Morgan fingerprint density at radius 2 is 1.88 bits per heavy atom. The largest absolute Gasteiger partial charge is 0.358 e. The van der Waals surface area contributed by atoms with Crippen LogP contribution in [0.5, 0.6) is 0 Å². The lowest BCUT2D eigenvalue weighted by Gasteiger charge is -2.15. The van der Waals surface area contributed by atoms with Gasteiger partial charge in [-0.15, -0.1) is 0 Å². The smallest absolute Gasteiger partial charge is 0.202 e. The molecule has 0 saturated heterocycles. The van der Waals surface area contributed by atoms with Gasteiger partial charge in [-0.25, -0.2) is 4.98 Å². The zero-order valence-corrected chi connectivity index (χ0v) is 12.0. The van der Waals surface area contributed by atoms with Crippen LogP contribution in [-0.2, 0) is 5.41 Å². The SMILES string of the molecule is CC(C)CC(C)Nc1nc(C(C)(C)C)ns1. The van der Waals surface area contributed by atoms with Gasteiger partial charge in [-0.3, -0.25) is 0 Å². The number of nitrogens with zero attached hydrogens (tertiary/aromatic N) is 2. The van der Waals surface area contributed by atoms with E-state index in [-0.39, 0.29) is 5.41 Å². The molecule has 0 aliphatic rings. The molecule has 3 nitrogen and oxygen atoms in total. The topological polar surface area (TPSA) is 37.8 Å². The van der Waals surface area contributed by atoms with Crippen LogP contribution in [-0.4, -0.2) is 15.4 Å². The predicted octanol–water partition coefficient (Wildman–Crippen LogP) is 3.68. The number of aromatic nitrogens is 2. The molecule has 1 rings (SSSR count). The van der Waals surface area contributed by atoms with Gasteiger partial charge in [0.25, 0.3) is 0 Å². The van der Waals surface area contributed by atoms with Crippen LogP contribution in [0, 0.1) is 5.92 Å². The van der Waals surface area contributed by atoms with Gasteiger partial charge >= 0.3 is 0 Å². The standard InChI is InChI=1S/C12H23N3S/c1-8(2)7-9(3)13-11-14-10(15-16-11)12(4,5)6/h8-9H,7H2,1-6H3,(H,13,14,15). The van der Waals surface area contributed by atoms with Crippen LogP contribution in [0.15, 0.2) is 0 Å². The quantitative estimate of drug-likeness (QED) is 0.873. The molecule has 0 fully saturated rings. The fourth-order valence-corrected chi connectivity index (χ4v) is 2.43. The molecule has 1 unspecified atom stereocenters. The van der Waals surface area contributed by atoms with Crippen molar-refractivity contribution in [3.63, 3.8) is 0 Å². The van der Waals surface area contributed by atoms with E-state index in [4.69, 9.17) is 0 Å². The predicted molar refractivity (Wildman–Crippen MR) is 71.1 cm³/mol. The Balaban J connectivity index is 2.59. The van der Waals surface area contributed by atoms with E-state index in [2.05, 4.69) is 56.2 Å². The summed E-state index contributed by atoms with van der Waals surface area (Å²) in [5, 5.41) is 4.35. The molecule has 1 heterocycles. The lowest BCUT2D eigenvalue weighted by Crippen LogP contribution is -2.18. The fourth-order valence-electron chi connectivity index (χ4n) is 1.56. The number of nitrogens with one attached hydrogen (secondary N) is 1. The lowest BCUT2D eigenvalue weighted by atomic mass is 9.96. The van der Waals surface area contributed by atoms with Gasteiger partial charge in [0, 0.05) is 23.0 Å². The van der Waals surface area contributed by atoms with Crippen LogP contribution in [0.2, 0.25) is 0 Å². The van der Waals surface area contributed by atoms with E-state index in [1.807, 2.05) is 0 Å². The van der Waals surface area contributed by atoms with E-state index in [9.17, 15) is 0 Å². The van der Waals surface area contributed by atoms with Crippen molar-refractivity contribution in [3.05, 3.63) is 5.82 Å². The summed E-state index contributed by atoms with van der Waals surface area (Å²) in [6.45, 7) is 13.1. The molecule has 92 valence electrons. The Morgan fingerprint density at radius 3 is 2.31 bits per heavy atom. The second kappa shape index (κ2) is 5.13. The summed E-state index contributed by atoms with van der Waals surface area (Å²) >= 11 is 1.46. The van der Waals surface area contributed by atoms with Crippen LogP contribution in [0.1, 0.15) is 53.8 Å². The maximum atomic E-state index is 4.53. The van der Waals surface area contributed by atoms with E-state index in [0.29, 0.717) is 12.0 Å². The van der Waals surface area contributed by atoms with Gasteiger partial charge in [0.05, 0.1) is 0 Å². The molecule has 0 bridgehead atoms. The third kappa shape index (κ3) is 4.08. The van der Waals surface area contributed by atoms with Gasteiger partial charge < -0.3 is 5.32 Å². The van der Waals surface area contributed by atoms with Gasteiger partial charge in [-0.1, -0.05) is 34.6 Å². The minimum Gasteiger partial charge on any atom is -0.358 e. The van der Waals surface area contributed by atoms with Crippen LogP contribution >= 0.6 is 11.5 Å². The van der Waals surface area contributed by atoms with Gasteiger partial charge in [0.2, 0.25) is 5.13 Å². The normalized spacial score (nSPS) is 14.2. The van der Waals surface area contributed by atoms with Crippen molar-refractivity contribution in [3.8, 4) is 0 Å². The Bertz CT molecular complexity index is 325. The van der Waals surface area contributed by atoms with Gasteiger partial charge in [-0.05, 0) is 19.3 Å². The molecule has 0 amide bonds. The second-order valence-corrected chi connectivity index (χ2v) is 6.60. The van der Waals surface area contributed by atoms with Gasteiger partial charge in [0.15, 0.2) is 0 Å². The van der Waals surface area contributed by atoms with E-state index in [0.717, 1.165) is 17.4 Å². The highest BCUT2D eigenvalue weighted by Crippen LogP contribution is 2.23. The molecular weight excluding hydrogens is 218 g/mol. The first-order valence-corrected chi connectivity index (χ1v) is 6.67. The molecule has 0 aromatic carbocycles. The summed E-state index contributed by atoms with van der Waals surface area (Å²) in [6.07, 6.45) is 1.16. The van der Waals surface area contributed by atoms with Crippen molar-refractivity contribution >= 4 is 16.7 Å². The molecule has 1 N–H and O–H groups in total. The molecule has 0 aliphatic heterocycles. The van der Waals surface area contributed by atoms with E-state index < -0.39 is 0 Å². The molecule has 0 saturated carbocycles. The minimum absolute atomic E-state index is 0.0394. The monoisotopic (exact) mass is 241 g/mol. The summed E-state index contributed by atoms with van der Waals surface area (Å²) in [4.78, 5) is 4.53. The minimum atomic E-state index is 0.0394. The molecule has 1 aromatic heterocycles. The first-order valence-electron chi connectivity index (χ1n) is 5.89. The molecule has 0 spiro atoms. The molecule has 0 aliphatic carbocycles. The second-order valence-electron chi connectivity index (χ2n) is 5.85. The average Bonchev–Trinajstić information content (AvgIpc) is 2.49. The summed E-state index contributed by atoms with van der Waals surface area (Å²) in [7, 11) is 0. The third-order valence-electron chi connectivity index (χ3n) is 2.29. The summed E-state index contributed by atoms with van der Waals surface area (Å²) < 4.78 is 4.39. The van der Waals surface area contributed by atoms with E-state index in [1.165, 1.54) is 11.5 Å². The lowest BCUT2D eigenvalue weighted by molar-refractivity contribution is 0.537. The van der Waals surface area contributed by atoms with E-state index >= 15 is 0 Å². The summed E-state index contributed by atoms with van der Waals surface area (Å²) in [6, 6.07) is 0.459. The molecule has 4 heteroatoms. The van der Waals surface area contributed by atoms with Crippen molar-refractivity contribution in [2.75, 3.05) is 5.32 Å². The fraction of sp³-hybridized carbons (Fsp3) is 0.833. The average molecular weight is 241 g/mol. The first-order chi connectivity index (χ1) is 7.29. The van der Waals surface area contributed by atoms with Crippen LogP contribution in [0.25, 0.3) is 0 Å². The highest BCUT2D eigenvalue weighted by Gasteiger charge is 2.20. The van der Waals surface area contributed by atoms with Gasteiger partial charge in [-0.2, -0.15) is 4.37 Å². The van der Waals surface area contributed by atoms with Crippen molar-refractivity contribution in [1.29, 1.82) is 0 Å². The van der Waals surface area contributed by atoms with Gasteiger partial charge in [0.1, 0.15) is 5.82 Å². The zero-order chi connectivity index (χ0) is 12.3. The van der Waals surface area contributed by atoms with Crippen LogP contribution in [0.4, 0.5) is 5.13 Å². The first kappa shape index (κ1) is 13.4. The Kier molecular flexibility index (Phi) is 4.30. The third-order valence-corrected chi connectivity index (χ3v) is 2.94.